The van der Waals surface area contributed by atoms with Gasteiger partial charge in [0.1, 0.15) is 9.12 Å². The summed E-state index contributed by atoms with van der Waals surface area (Å²) in [5.74, 6) is 0. The Kier molecular flexibility index (Phi) is 8.57. The van der Waals surface area contributed by atoms with Gasteiger partial charge in [0.2, 0.25) is 0 Å². The molecule has 0 heterocycles. The highest BCUT2D eigenvalue weighted by atomic mass is 31.1. The smallest absolute Gasteiger partial charge is 0.197 e. The Morgan fingerprint density at radius 2 is 0.935 bits per heavy atom. The van der Waals surface area contributed by atoms with Gasteiger partial charge in [-0.05, 0) is 69.1 Å². The molecule has 31 heavy (non-hydrogen) atoms. The number of carbonyl (C=O) groups is 2. The van der Waals surface area contributed by atoms with E-state index in [0.717, 1.165) is 38.7 Å². The molecule has 3 nitrogen and oxygen atoms in total. The van der Waals surface area contributed by atoms with E-state index >= 15 is 0 Å². The number of carbonyl (C=O) groups excluding carboxylic acids is 2. The summed E-state index contributed by atoms with van der Waals surface area (Å²) in [4.78, 5) is 27.6. The molecule has 5 heteroatoms. The van der Waals surface area contributed by atoms with Crippen LogP contribution in [0.1, 0.15) is 54.1 Å². The topological polar surface area (TPSA) is 51.2 Å². The predicted octanol–water partition coefficient (Wildman–Crippen LogP) is 6.80. The lowest BCUT2D eigenvalue weighted by molar-refractivity contribution is 0.105. The van der Waals surface area contributed by atoms with E-state index in [1.165, 1.54) is 0 Å². The fraction of sp³-hybridized carbons (Fsp3) is 0.231. The van der Waals surface area contributed by atoms with Crippen LogP contribution in [0.2, 0.25) is 0 Å². The van der Waals surface area contributed by atoms with Gasteiger partial charge in [-0.2, -0.15) is 0 Å². The molecule has 3 aromatic carbocycles. The largest absolute Gasteiger partial charge is 0.288 e. The molecular formula is C26H28O3P2. The van der Waals surface area contributed by atoms with Crippen molar-refractivity contribution in [1.29, 1.82) is 0 Å². The van der Waals surface area contributed by atoms with Crippen LogP contribution in [0.3, 0.4) is 0 Å². The molecule has 0 saturated heterocycles. The minimum Gasteiger partial charge on any atom is -0.288 e. The van der Waals surface area contributed by atoms with Crippen LogP contribution in [0.25, 0.3) is 0 Å². The van der Waals surface area contributed by atoms with E-state index in [-0.39, 0.29) is 11.0 Å². The molecule has 3 aromatic rings. The number of hydrogen-bond donors (Lipinski definition) is 0. The van der Waals surface area contributed by atoms with Crippen LogP contribution >= 0.6 is 17.0 Å². The third-order valence-electron chi connectivity index (χ3n) is 5.20. The van der Waals surface area contributed by atoms with Gasteiger partial charge in [-0.25, -0.2) is 0 Å². The second-order valence-corrected chi connectivity index (χ2v) is 9.83. The third-order valence-corrected chi connectivity index (χ3v) is 7.28. The molecule has 0 aromatic heterocycles. The normalized spacial score (nSPS) is 10.4. The van der Waals surface area contributed by atoms with E-state index in [1.807, 2.05) is 96.1 Å². The number of benzene rings is 3. The van der Waals surface area contributed by atoms with E-state index in [1.54, 1.807) is 9.12 Å². The first-order valence-electron chi connectivity index (χ1n) is 10.0. The summed E-state index contributed by atoms with van der Waals surface area (Å²) in [6, 6.07) is 17.6. The number of aryl methyl sites for hydroxylation is 6. The highest BCUT2D eigenvalue weighted by Crippen LogP contribution is 2.45. The fourth-order valence-corrected chi connectivity index (χ4v) is 6.44. The lowest BCUT2D eigenvalue weighted by atomic mass is 10.0. The molecule has 160 valence electrons. The van der Waals surface area contributed by atoms with Crippen LogP contribution in [0.4, 0.5) is 0 Å². The summed E-state index contributed by atoms with van der Waals surface area (Å²) in [7, 11) is 0.0296. The molecule has 3 rings (SSSR count). The molecule has 0 fully saturated rings. The highest BCUT2D eigenvalue weighted by molar-refractivity contribution is 7.96. The van der Waals surface area contributed by atoms with Gasteiger partial charge in [-0.3, -0.25) is 14.2 Å². The van der Waals surface area contributed by atoms with E-state index in [9.17, 15) is 9.59 Å². The SMILES string of the molecule is Cc1cc(C)c(C(=O)P(C(=O)c2c(C)cc(C)cc2C)c2ccccc2)c(C)c1.O=P. The molecule has 0 spiro atoms. The first-order valence-corrected chi connectivity index (χ1v) is 11.8. The van der Waals surface area contributed by atoms with Gasteiger partial charge in [-0.1, -0.05) is 65.7 Å². The Labute approximate surface area is 188 Å². The first kappa shape index (κ1) is 24.8. The van der Waals surface area contributed by atoms with Gasteiger partial charge in [0, 0.05) is 11.1 Å². The molecule has 0 radical (unpaired) electrons. The van der Waals surface area contributed by atoms with Crippen LogP contribution in [0.5, 0.6) is 0 Å². The Morgan fingerprint density at radius 3 is 1.26 bits per heavy atom. The maximum absolute atomic E-state index is 13.8. The van der Waals surface area contributed by atoms with Crippen molar-refractivity contribution in [3.05, 3.63) is 99.1 Å². The molecule has 0 aliphatic carbocycles. The summed E-state index contributed by atoms with van der Waals surface area (Å²) >= 11 is 0. The van der Waals surface area contributed by atoms with Crippen LogP contribution in [0, 0.1) is 41.5 Å². The molecular weight excluding hydrogens is 422 g/mol. The summed E-state index contributed by atoms with van der Waals surface area (Å²) < 4.78 is 8.06. The summed E-state index contributed by atoms with van der Waals surface area (Å²) in [5, 5.41) is 0.802. The zero-order valence-corrected chi connectivity index (χ0v) is 20.8. The van der Waals surface area contributed by atoms with E-state index in [4.69, 9.17) is 4.57 Å². The molecule has 0 bridgehead atoms. The van der Waals surface area contributed by atoms with Crippen molar-refractivity contribution >= 4 is 33.4 Å². The van der Waals surface area contributed by atoms with Crippen molar-refractivity contribution in [2.45, 2.75) is 41.5 Å². The second kappa shape index (κ2) is 10.7. The van der Waals surface area contributed by atoms with Crippen molar-refractivity contribution in [3.63, 3.8) is 0 Å². The van der Waals surface area contributed by atoms with Gasteiger partial charge in [-0.15, -0.1) is 0 Å². The Bertz CT molecular complexity index is 1010. The maximum Gasteiger partial charge on any atom is 0.197 e. The number of hydrogen-bond acceptors (Lipinski definition) is 3. The summed E-state index contributed by atoms with van der Waals surface area (Å²) in [6.45, 7) is 11.9. The van der Waals surface area contributed by atoms with E-state index in [2.05, 4.69) is 0 Å². The zero-order chi connectivity index (χ0) is 23.3. The summed E-state index contributed by atoms with van der Waals surface area (Å²) in [6.07, 6.45) is 0. The Morgan fingerprint density at radius 1 is 0.613 bits per heavy atom. The lowest BCUT2D eigenvalue weighted by Gasteiger charge is -2.21. The van der Waals surface area contributed by atoms with E-state index < -0.39 is 7.92 Å². The first-order chi connectivity index (χ1) is 14.7. The standard InChI is InChI=1S/C26H27O2P.HOP/c1-16-12-18(3)23(19(4)13-16)25(27)29(22-10-8-7-9-11-22)26(28)24-20(5)14-17(2)15-21(24)6;1-2/h7-15H,1-6H3;2H. The molecule has 0 N–H and O–H groups in total. The van der Waals surface area contributed by atoms with Gasteiger partial charge < -0.3 is 0 Å². The monoisotopic (exact) mass is 450 g/mol. The second-order valence-electron chi connectivity index (χ2n) is 7.83. The third kappa shape index (κ3) is 5.42. The minimum atomic E-state index is -1.69. The van der Waals surface area contributed by atoms with Crippen LogP contribution in [-0.2, 0) is 4.57 Å². The summed E-state index contributed by atoms with van der Waals surface area (Å²) in [5.41, 5.74) is 7.21. The van der Waals surface area contributed by atoms with Crippen molar-refractivity contribution in [3.8, 4) is 0 Å². The molecule has 0 unspecified atom stereocenters. The molecule has 0 atom stereocenters. The van der Waals surface area contributed by atoms with Gasteiger partial charge in [0.05, 0.1) is 7.92 Å². The van der Waals surface area contributed by atoms with Crippen LogP contribution in [-0.4, -0.2) is 11.0 Å². The van der Waals surface area contributed by atoms with Gasteiger partial charge >= 0.3 is 0 Å². The molecule has 0 saturated carbocycles. The average molecular weight is 450 g/mol. The minimum absolute atomic E-state index is 0.0643. The van der Waals surface area contributed by atoms with Gasteiger partial charge in [0.25, 0.3) is 0 Å². The van der Waals surface area contributed by atoms with Crippen molar-refractivity contribution < 1.29 is 14.2 Å². The fourth-order valence-electron chi connectivity index (χ4n) is 4.16. The van der Waals surface area contributed by atoms with Crippen molar-refractivity contribution in [2.75, 3.05) is 0 Å². The van der Waals surface area contributed by atoms with E-state index in [0.29, 0.717) is 11.1 Å². The number of rotatable bonds is 5. The lowest BCUT2D eigenvalue weighted by Crippen LogP contribution is -2.19. The average Bonchev–Trinajstić information content (AvgIpc) is 2.69. The van der Waals surface area contributed by atoms with Crippen molar-refractivity contribution in [2.24, 2.45) is 0 Å². The van der Waals surface area contributed by atoms with Crippen LogP contribution in [0.15, 0.2) is 54.6 Å². The molecule has 0 aliphatic heterocycles. The van der Waals surface area contributed by atoms with Gasteiger partial charge in [0.15, 0.2) is 11.0 Å². The zero-order valence-electron chi connectivity index (χ0n) is 18.9. The van der Waals surface area contributed by atoms with Crippen LogP contribution < -0.4 is 5.30 Å². The Balaban J connectivity index is 0.00000166. The molecule has 0 aliphatic rings. The highest BCUT2D eigenvalue weighted by Gasteiger charge is 2.33. The van der Waals surface area contributed by atoms with Crippen molar-refractivity contribution in [1.82, 2.24) is 0 Å². The maximum atomic E-state index is 13.8. The predicted molar refractivity (Wildman–Crippen MR) is 132 cm³/mol. The molecule has 0 amide bonds. The quantitative estimate of drug-likeness (QED) is 0.402. The Hall–Kier alpha value is -2.47.